The fourth-order valence-electron chi connectivity index (χ4n) is 1.63. The molecule has 0 aromatic heterocycles. The molecule has 1 aromatic rings. The lowest BCUT2D eigenvalue weighted by atomic mass is 10.2. The number of aryl methyl sites for hydroxylation is 1. The van der Waals surface area contributed by atoms with E-state index < -0.39 is 0 Å². The van der Waals surface area contributed by atoms with Crippen LogP contribution in [-0.2, 0) is 4.74 Å². The highest BCUT2D eigenvalue weighted by atomic mass is 35.5. The zero-order valence-electron chi connectivity index (χ0n) is 11.3. The molecular formula is C13H22ClN3O. The van der Waals surface area contributed by atoms with Crippen molar-refractivity contribution in [1.82, 2.24) is 4.90 Å². The predicted octanol–water partition coefficient (Wildman–Crippen LogP) is 2.22. The Morgan fingerprint density at radius 1 is 1.39 bits per heavy atom. The van der Waals surface area contributed by atoms with Crippen LogP contribution in [0.4, 0.5) is 11.4 Å². The van der Waals surface area contributed by atoms with E-state index >= 15 is 0 Å². The Balaban J connectivity index is 2.42. The molecule has 0 amide bonds. The molecule has 0 aliphatic rings. The summed E-state index contributed by atoms with van der Waals surface area (Å²) in [5.41, 5.74) is 8.51. The third-order valence-corrected chi connectivity index (χ3v) is 3.16. The first-order chi connectivity index (χ1) is 8.54. The van der Waals surface area contributed by atoms with E-state index in [4.69, 9.17) is 22.1 Å². The third-order valence-electron chi connectivity index (χ3n) is 2.83. The van der Waals surface area contributed by atoms with Gasteiger partial charge in [-0.05, 0) is 31.7 Å². The fraction of sp³-hybridized carbons (Fsp3) is 0.538. The number of halogens is 1. The first-order valence-corrected chi connectivity index (χ1v) is 6.39. The number of likely N-dealkylation sites (N-methyl/N-ethyl adjacent to an activating group) is 1. The van der Waals surface area contributed by atoms with Gasteiger partial charge in [-0.15, -0.1) is 0 Å². The molecule has 0 fully saturated rings. The molecule has 1 aromatic carbocycles. The van der Waals surface area contributed by atoms with E-state index in [2.05, 4.69) is 17.3 Å². The highest BCUT2D eigenvalue weighted by Crippen LogP contribution is 2.26. The Bertz CT molecular complexity index is 385. The minimum Gasteiger partial charge on any atom is -0.398 e. The van der Waals surface area contributed by atoms with Crippen LogP contribution in [0.25, 0.3) is 0 Å². The van der Waals surface area contributed by atoms with Gasteiger partial charge in [-0.2, -0.15) is 0 Å². The van der Waals surface area contributed by atoms with Gasteiger partial charge >= 0.3 is 0 Å². The molecule has 5 heteroatoms. The molecule has 1 rings (SSSR count). The van der Waals surface area contributed by atoms with Crippen molar-refractivity contribution in [3.63, 3.8) is 0 Å². The molecular weight excluding hydrogens is 250 g/mol. The van der Waals surface area contributed by atoms with E-state index in [1.54, 1.807) is 7.11 Å². The van der Waals surface area contributed by atoms with Crippen molar-refractivity contribution in [1.29, 1.82) is 0 Å². The Hall–Kier alpha value is -0.970. The second-order valence-electron chi connectivity index (χ2n) is 4.41. The molecule has 0 spiro atoms. The van der Waals surface area contributed by atoms with E-state index in [1.165, 1.54) is 0 Å². The van der Waals surface area contributed by atoms with Gasteiger partial charge in [0.1, 0.15) is 0 Å². The minimum atomic E-state index is 0.593. The largest absolute Gasteiger partial charge is 0.398 e. The SMILES string of the molecule is COCCN(C)CCNc1cc(Cl)c(N)cc1C. The minimum absolute atomic E-state index is 0.593. The van der Waals surface area contributed by atoms with Crippen molar-refractivity contribution in [3.05, 3.63) is 22.7 Å². The Morgan fingerprint density at radius 2 is 2.11 bits per heavy atom. The molecule has 0 unspecified atom stereocenters. The van der Waals surface area contributed by atoms with Crippen LogP contribution >= 0.6 is 11.6 Å². The molecule has 0 heterocycles. The summed E-state index contributed by atoms with van der Waals surface area (Å²) in [5.74, 6) is 0. The number of rotatable bonds is 7. The summed E-state index contributed by atoms with van der Waals surface area (Å²) in [4.78, 5) is 2.21. The van der Waals surface area contributed by atoms with Crippen LogP contribution in [0.5, 0.6) is 0 Å². The second-order valence-corrected chi connectivity index (χ2v) is 4.82. The lowest BCUT2D eigenvalue weighted by molar-refractivity contribution is 0.163. The van der Waals surface area contributed by atoms with Gasteiger partial charge in [0, 0.05) is 32.4 Å². The number of methoxy groups -OCH3 is 1. The summed E-state index contributed by atoms with van der Waals surface area (Å²) >= 11 is 6.00. The number of nitrogens with two attached hydrogens (primary N) is 1. The average Bonchev–Trinajstić information content (AvgIpc) is 2.33. The molecule has 0 aliphatic heterocycles. The van der Waals surface area contributed by atoms with E-state index in [9.17, 15) is 0 Å². The monoisotopic (exact) mass is 271 g/mol. The highest BCUT2D eigenvalue weighted by Gasteiger charge is 2.03. The first kappa shape index (κ1) is 15.1. The van der Waals surface area contributed by atoms with Gasteiger partial charge in [0.05, 0.1) is 17.3 Å². The van der Waals surface area contributed by atoms with Crippen molar-refractivity contribution in [2.45, 2.75) is 6.92 Å². The first-order valence-electron chi connectivity index (χ1n) is 6.01. The molecule has 4 nitrogen and oxygen atoms in total. The highest BCUT2D eigenvalue weighted by molar-refractivity contribution is 6.33. The van der Waals surface area contributed by atoms with Crippen LogP contribution in [0.2, 0.25) is 5.02 Å². The maximum absolute atomic E-state index is 6.00. The van der Waals surface area contributed by atoms with Crippen LogP contribution in [0.1, 0.15) is 5.56 Å². The molecule has 102 valence electrons. The van der Waals surface area contributed by atoms with Crippen molar-refractivity contribution < 1.29 is 4.74 Å². The van der Waals surface area contributed by atoms with Gasteiger partial charge in [-0.1, -0.05) is 11.6 Å². The van der Waals surface area contributed by atoms with E-state index in [0.717, 1.165) is 37.5 Å². The van der Waals surface area contributed by atoms with E-state index in [1.807, 2.05) is 19.1 Å². The normalized spacial score (nSPS) is 10.9. The number of nitrogens with zero attached hydrogens (tertiary/aromatic N) is 1. The van der Waals surface area contributed by atoms with Gasteiger partial charge in [0.25, 0.3) is 0 Å². The summed E-state index contributed by atoms with van der Waals surface area (Å²) in [5, 5.41) is 3.96. The quantitative estimate of drug-likeness (QED) is 0.747. The maximum atomic E-state index is 6.00. The summed E-state index contributed by atoms with van der Waals surface area (Å²) in [6.45, 7) is 5.51. The number of hydrogen-bond acceptors (Lipinski definition) is 4. The summed E-state index contributed by atoms with van der Waals surface area (Å²) < 4.78 is 5.03. The van der Waals surface area contributed by atoms with E-state index in [-0.39, 0.29) is 0 Å². The number of anilines is 2. The smallest absolute Gasteiger partial charge is 0.0656 e. The number of nitrogens with one attached hydrogen (secondary N) is 1. The van der Waals surface area contributed by atoms with Gasteiger partial charge in [-0.25, -0.2) is 0 Å². The molecule has 0 saturated carbocycles. The predicted molar refractivity (Wildman–Crippen MR) is 78.5 cm³/mol. The number of ether oxygens (including phenoxy) is 1. The Morgan fingerprint density at radius 3 is 2.78 bits per heavy atom. The zero-order chi connectivity index (χ0) is 13.5. The summed E-state index contributed by atoms with van der Waals surface area (Å²) in [6.07, 6.45) is 0. The Kier molecular flexibility index (Phi) is 6.25. The molecule has 0 radical (unpaired) electrons. The molecule has 0 atom stereocenters. The fourth-order valence-corrected chi connectivity index (χ4v) is 1.80. The maximum Gasteiger partial charge on any atom is 0.0656 e. The van der Waals surface area contributed by atoms with Crippen LogP contribution in [0, 0.1) is 6.92 Å². The van der Waals surface area contributed by atoms with Gasteiger partial charge < -0.3 is 20.7 Å². The molecule has 0 bridgehead atoms. The van der Waals surface area contributed by atoms with Gasteiger partial charge in [0.15, 0.2) is 0 Å². The summed E-state index contributed by atoms with van der Waals surface area (Å²) in [7, 11) is 3.79. The van der Waals surface area contributed by atoms with Gasteiger partial charge in [-0.3, -0.25) is 0 Å². The third kappa shape index (κ3) is 4.72. The topological polar surface area (TPSA) is 50.5 Å². The molecule has 3 N–H and O–H groups in total. The number of nitrogen functional groups attached to an aromatic ring is 1. The van der Waals surface area contributed by atoms with E-state index in [0.29, 0.717) is 10.7 Å². The lowest BCUT2D eigenvalue weighted by Crippen LogP contribution is -2.28. The summed E-state index contributed by atoms with van der Waals surface area (Å²) in [6, 6.07) is 3.76. The Labute approximate surface area is 114 Å². The van der Waals surface area contributed by atoms with Crippen LogP contribution in [0.15, 0.2) is 12.1 Å². The molecule has 0 aliphatic carbocycles. The van der Waals surface area contributed by atoms with Crippen molar-refractivity contribution >= 4 is 23.0 Å². The van der Waals surface area contributed by atoms with Gasteiger partial charge in [0.2, 0.25) is 0 Å². The van der Waals surface area contributed by atoms with Crippen molar-refractivity contribution in [2.24, 2.45) is 0 Å². The van der Waals surface area contributed by atoms with Crippen LogP contribution in [0.3, 0.4) is 0 Å². The van der Waals surface area contributed by atoms with Crippen molar-refractivity contribution in [3.8, 4) is 0 Å². The second kappa shape index (κ2) is 7.46. The molecule has 18 heavy (non-hydrogen) atoms. The van der Waals surface area contributed by atoms with Crippen molar-refractivity contribution in [2.75, 3.05) is 51.4 Å². The number of benzene rings is 1. The zero-order valence-corrected chi connectivity index (χ0v) is 12.0. The van der Waals surface area contributed by atoms with Crippen LogP contribution < -0.4 is 11.1 Å². The standard InChI is InChI=1S/C13H22ClN3O/c1-10-8-12(15)11(14)9-13(10)16-4-5-17(2)6-7-18-3/h8-9,16H,4-7,15H2,1-3H3. The number of hydrogen-bond donors (Lipinski definition) is 2. The lowest BCUT2D eigenvalue weighted by Gasteiger charge is -2.17. The average molecular weight is 272 g/mol. The molecule has 0 saturated heterocycles. The van der Waals surface area contributed by atoms with Crippen LogP contribution in [-0.4, -0.2) is 45.3 Å².